The van der Waals surface area contributed by atoms with Gasteiger partial charge in [-0.15, -0.1) is 0 Å². The van der Waals surface area contributed by atoms with Gasteiger partial charge in [-0.1, -0.05) is 29.8 Å². The monoisotopic (exact) mass is 319 g/mol. The number of oxazole rings is 1. The lowest BCUT2D eigenvalue weighted by Gasteiger charge is -1.93. The Morgan fingerprint density at radius 2 is 1.70 bits per heavy atom. The van der Waals surface area contributed by atoms with Crippen molar-refractivity contribution in [3.8, 4) is 11.5 Å². The first-order chi connectivity index (χ1) is 11.3. The van der Waals surface area contributed by atoms with E-state index in [-0.39, 0.29) is 0 Å². The van der Waals surface area contributed by atoms with Gasteiger partial charge in [0.25, 0.3) is 0 Å². The van der Waals surface area contributed by atoms with Crippen LogP contribution < -0.4 is 0 Å². The fourth-order valence-electron chi connectivity index (χ4n) is 2.92. The van der Waals surface area contributed by atoms with Gasteiger partial charge in [0.1, 0.15) is 16.7 Å². The van der Waals surface area contributed by atoms with E-state index in [9.17, 15) is 0 Å². The Kier molecular flexibility index (Phi) is 2.55. The second kappa shape index (κ2) is 4.61. The summed E-state index contributed by atoms with van der Waals surface area (Å²) in [5, 5.41) is 2.56. The molecule has 0 aliphatic heterocycles. The smallest absolute Gasteiger partial charge is 0.227 e. The van der Waals surface area contributed by atoms with Crippen molar-refractivity contribution in [2.24, 2.45) is 0 Å². The maximum atomic E-state index is 6.06. The average molecular weight is 320 g/mol. The number of benzene rings is 3. The van der Waals surface area contributed by atoms with Crippen molar-refractivity contribution in [2.75, 3.05) is 0 Å². The summed E-state index contributed by atoms with van der Waals surface area (Å²) in [6, 6.07) is 19.3. The second-order valence-electron chi connectivity index (χ2n) is 5.41. The summed E-state index contributed by atoms with van der Waals surface area (Å²) in [5.41, 5.74) is 4.02. The van der Waals surface area contributed by atoms with Gasteiger partial charge in [0.15, 0.2) is 5.58 Å². The van der Waals surface area contributed by atoms with E-state index >= 15 is 0 Å². The van der Waals surface area contributed by atoms with E-state index < -0.39 is 0 Å². The summed E-state index contributed by atoms with van der Waals surface area (Å²) in [4.78, 5) is 4.60. The number of rotatable bonds is 1. The molecule has 0 saturated heterocycles. The van der Waals surface area contributed by atoms with Gasteiger partial charge in [0, 0.05) is 22.0 Å². The summed E-state index contributed by atoms with van der Waals surface area (Å²) in [6.45, 7) is 0. The SMILES string of the molecule is Clc1ccc2c(c1)oc1ccc3nc(-c4ccccc4)oc3c12. The number of fused-ring (bicyclic) bond motifs is 5. The topological polar surface area (TPSA) is 39.2 Å². The highest BCUT2D eigenvalue weighted by atomic mass is 35.5. The van der Waals surface area contributed by atoms with Crippen molar-refractivity contribution in [1.29, 1.82) is 0 Å². The van der Waals surface area contributed by atoms with Crippen molar-refractivity contribution in [2.45, 2.75) is 0 Å². The molecular weight excluding hydrogens is 310 g/mol. The van der Waals surface area contributed by atoms with Crippen molar-refractivity contribution in [3.05, 3.63) is 65.7 Å². The van der Waals surface area contributed by atoms with E-state index in [0.29, 0.717) is 10.9 Å². The molecule has 0 unspecified atom stereocenters. The van der Waals surface area contributed by atoms with Gasteiger partial charge in [-0.05, 0) is 36.4 Å². The predicted molar refractivity (Wildman–Crippen MR) is 91.7 cm³/mol. The molecule has 3 nitrogen and oxygen atoms in total. The minimum atomic E-state index is 0.608. The Morgan fingerprint density at radius 1 is 0.826 bits per heavy atom. The quantitative estimate of drug-likeness (QED) is 0.377. The maximum absolute atomic E-state index is 6.06. The fourth-order valence-corrected chi connectivity index (χ4v) is 3.09. The Balaban J connectivity index is 1.88. The molecule has 0 amide bonds. The molecule has 2 aromatic heterocycles. The molecule has 0 fully saturated rings. The summed E-state index contributed by atoms with van der Waals surface area (Å²) in [7, 11) is 0. The third-order valence-corrected chi connectivity index (χ3v) is 4.21. The Bertz CT molecular complexity index is 1170. The lowest BCUT2D eigenvalue weighted by Crippen LogP contribution is -1.74. The van der Waals surface area contributed by atoms with Crippen LogP contribution in [0.4, 0.5) is 0 Å². The molecule has 0 aliphatic carbocycles. The summed E-state index contributed by atoms with van der Waals surface area (Å²) >= 11 is 6.05. The molecule has 2 heterocycles. The van der Waals surface area contributed by atoms with Gasteiger partial charge >= 0.3 is 0 Å². The first-order valence-corrected chi connectivity index (χ1v) is 7.64. The molecule has 5 aromatic rings. The molecule has 3 aromatic carbocycles. The van der Waals surface area contributed by atoms with E-state index in [1.165, 1.54) is 0 Å². The normalized spacial score (nSPS) is 11.7. The molecule has 23 heavy (non-hydrogen) atoms. The molecule has 5 rings (SSSR count). The molecular formula is C19H10ClNO2. The van der Waals surface area contributed by atoms with Crippen LogP contribution in [0.15, 0.2) is 69.5 Å². The minimum absolute atomic E-state index is 0.608. The van der Waals surface area contributed by atoms with Crippen LogP contribution in [-0.4, -0.2) is 4.98 Å². The van der Waals surface area contributed by atoms with Crippen LogP contribution in [0.5, 0.6) is 0 Å². The lowest BCUT2D eigenvalue weighted by atomic mass is 10.1. The first-order valence-electron chi connectivity index (χ1n) is 7.26. The molecule has 0 bridgehead atoms. The molecule has 110 valence electrons. The van der Waals surface area contributed by atoms with Crippen molar-refractivity contribution < 1.29 is 8.83 Å². The zero-order chi connectivity index (χ0) is 15.4. The number of hydrogen-bond acceptors (Lipinski definition) is 3. The summed E-state index contributed by atoms with van der Waals surface area (Å²) in [5.74, 6) is 0.608. The highest BCUT2D eigenvalue weighted by Crippen LogP contribution is 2.37. The van der Waals surface area contributed by atoms with Crippen molar-refractivity contribution >= 4 is 44.6 Å². The maximum Gasteiger partial charge on any atom is 0.227 e. The zero-order valence-electron chi connectivity index (χ0n) is 11.9. The third-order valence-electron chi connectivity index (χ3n) is 3.97. The molecule has 4 heteroatoms. The van der Waals surface area contributed by atoms with Crippen LogP contribution in [0.2, 0.25) is 5.02 Å². The highest BCUT2D eigenvalue weighted by Gasteiger charge is 2.16. The Morgan fingerprint density at radius 3 is 2.57 bits per heavy atom. The third kappa shape index (κ3) is 1.87. The lowest BCUT2D eigenvalue weighted by molar-refractivity contribution is 0.622. The number of halogens is 1. The molecule has 0 atom stereocenters. The molecule has 0 aliphatic rings. The van der Waals surface area contributed by atoms with Crippen molar-refractivity contribution in [1.82, 2.24) is 4.98 Å². The number of nitrogens with zero attached hydrogens (tertiary/aromatic N) is 1. The van der Waals surface area contributed by atoms with E-state index in [0.717, 1.165) is 38.6 Å². The second-order valence-corrected chi connectivity index (χ2v) is 5.85. The van der Waals surface area contributed by atoms with Crippen LogP contribution in [0.1, 0.15) is 0 Å². The number of aromatic nitrogens is 1. The molecule has 0 spiro atoms. The van der Waals surface area contributed by atoms with Gasteiger partial charge in [-0.2, -0.15) is 0 Å². The van der Waals surface area contributed by atoms with Gasteiger partial charge in [0.2, 0.25) is 5.89 Å². The largest absolute Gasteiger partial charge is 0.456 e. The van der Waals surface area contributed by atoms with Crippen LogP contribution in [0, 0.1) is 0 Å². The van der Waals surface area contributed by atoms with Gasteiger partial charge < -0.3 is 8.83 Å². The van der Waals surface area contributed by atoms with Crippen LogP contribution in [0.25, 0.3) is 44.5 Å². The molecule has 0 saturated carbocycles. The van der Waals surface area contributed by atoms with Crippen LogP contribution in [-0.2, 0) is 0 Å². The zero-order valence-corrected chi connectivity index (χ0v) is 12.7. The van der Waals surface area contributed by atoms with Crippen LogP contribution in [0.3, 0.4) is 0 Å². The van der Waals surface area contributed by atoms with E-state index in [1.54, 1.807) is 0 Å². The van der Waals surface area contributed by atoms with Crippen molar-refractivity contribution in [3.63, 3.8) is 0 Å². The summed E-state index contributed by atoms with van der Waals surface area (Å²) in [6.07, 6.45) is 0. The Labute approximate surface area is 136 Å². The van der Waals surface area contributed by atoms with E-state index in [4.69, 9.17) is 20.4 Å². The predicted octanol–water partition coefficient (Wildman–Crippen LogP) is 6.05. The van der Waals surface area contributed by atoms with Gasteiger partial charge in [-0.25, -0.2) is 4.98 Å². The Hall–Kier alpha value is -2.78. The van der Waals surface area contributed by atoms with Gasteiger partial charge in [0.05, 0.1) is 5.39 Å². The van der Waals surface area contributed by atoms with Crippen LogP contribution >= 0.6 is 11.6 Å². The molecule has 0 N–H and O–H groups in total. The average Bonchev–Trinajstić information content (AvgIpc) is 3.15. The fraction of sp³-hybridized carbons (Fsp3) is 0. The van der Waals surface area contributed by atoms with Gasteiger partial charge in [-0.3, -0.25) is 0 Å². The standard InChI is InChI=1S/C19H10ClNO2/c20-12-6-7-13-16(10-12)22-15-9-8-14-18(17(13)15)23-19(21-14)11-4-2-1-3-5-11/h1-10H. The van der Waals surface area contributed by atoms with E-state index in [2.05, 4.69) is 4.98 Å². The number of furan rings is 1. The highest BCUT2D eigenvalue weighted by molar-refractivity contribution is 6.31. The molecule has 0 radical (unpaired) electrons. The first kappa shape index (κ1) is 12.7. The minimum Gasteiger partial charge on any atom is -0.456 e. The van der Waals surface area contributed by atoms with E-state index in [1.807, 2.05) is 60.7 Å². The number of hydrogen-bond donors (Lipinski definition) is 0. The summed E-state index contributed by atoms with van der Waals surface area (Å²) < 4.78 is 11.9.